The number of aliphatic carboxylic acids is 1. The third-order valence-corrected chi connectivity index (χ3v) is 4.30. The van der Waals surface area contributed by atoms with Gasteiger partial charge in [0, 0.05) is 6.04 Å². The molecule has 1 saturated carbocycles. The van der Waals surface area contributed by atoms with Gasteiger partial charge in [-0.3, -0.25) is 9.59 Å². The van der Waals surface area contributed by atoms with Gasteiger partial charge in [0.1, 0.15) is 4.88 Å². The first-order chi connectivity index (χ1) is 8.47. The summed E-state index contributed by atoms with van der Waals surface area (Å²) in [5.41, 5.74) is 0.739. The van der Waals surface area contributed by atoms with E-state index in [1.165, 1.54) is 11.3 Å². The third kappa shape index (κ3) is 2.69. The molecule has 0 aromatic carbocycles. The number of rotatable bonds is 3. The lowest BCUT2D eigenvalue weighted by Gasteiger charge is -2.11. The summed E-state index contributed by atoms with van der Waals surface area (Å²) in [6.07, 6.45) is 1.90. The molecule has 0 radical (unpaired) electrons. The number of thiazole rings is 1. The van der Waals surface area contributed by atoms with Crippen LogP contribution in [-0.2, 0) is 4.79 Å². The quantitative estimate of drug-likeness (QED) is 0.875. The summed E-state index contributed by atoms with van der Waals surface area (Å²) in [5.74, 6) is -1.22. The molecule has 98 valence electrons. The minimum absolute atomic E-state index is 0.0274. The summed E-state index contributed by atoms with van der Waals surface area (Å²) < 4.78 is 0. The van der Waals surface area contributed by atoms with Gasteiger partial charge < -0.3 is 10.4 Å². The van der Waals surface area contributed by atoms with E-state index in [-0.39, 0.29) is 17.9 Å². The fourth-order valence-electron chi connectivity index (χ4n) is 2.33. The van der Waals surface area contributed by atoms with E-state index >= 15 is 0 Å². The van der Waals surface area contributed by atoms with Crippen molar-refractivity contribution in [3.8, 4) is 0 Å². The number of carbonyl (C=O) groups is 2. The predicted molar refractivity (Wildman–Crippen MR) is 67.8 cm³/mol. The van der Waals surface area contributed by atoms with Crippen LogP contribution in [0.5, 0.6) is 0 Å². The van der Waals surface area contributed by atoms with Gasteiger partial charge in [0.2, 0.25) is 0 Å². The highest BCUT2D eigenvalue weighted by Gasteiger charge is 2.31. The van der Waals surface area contributed by atoms with Gasteiger partial charge in [-0.1, -0.05) is 0 Å². The van der Waals surface area contributed by atoms with Gasteiger partial charge in [-0.05, 0) is 33.1 Å². The minimum Gasteiger partial charge on any atom is -0.481 e. The first-order valence-corrected chi connectivity index (χ1v) is 6.76. The molecule has 0 aliphatic heterocycles. The van der Waals surface area contributed by atoms with Gasteiger partial charge in [0.15, 0.2) is 0 Å². The molecule has 5 nitrogen and oxygen atoms in total. The number of hydrogen-bond donors (Lipinski definition) is 2. The van der Waals surface area contributed by atoms with Crippen molar-refractivity contribution in [3.05, 3.63) is 15.6 Å². The van der Waals surface area contributed by atoms with Gasteiger partial charge in [0.05, 0.1) is 16.6 Å². The molecular formula is C12H16N2O3S. The average molecular weight is 268 g/mol. The topological polar surface area (TPSA) is 79.3 Å². The Labute approximate surface area is 109 Å². The highest BCUT2D eigenvalue weighted by molar-refractivity contribution is 7.13. The Bertz CT molecular complexity index is 484. The zero-order valence-electron chi connectivity index (χ0n) is 10.4. The van der Waals surface area contributed by atoms with E-state index in [0.29, 0.717) is 17.7 Å². The summed E-state index contributed by atoms with van der Waals surface area (Å²) in [6.45, 7) is 3.68. The highest BCUT2D eigenvalue weighted by atomic mass is 32.1. The number of aromatic nitrogens is 1. The molecule has 1 aromatic heterocycles. The van der Waals surface area contributed by atoms with Crippen LogP contribution in [0.4, 0.5) is 0 Å². The number of amides is 1. The second-order valence-corrected chi connectivity index (χ2v) is 5.87. The van der Waals surface area contributed by atoms with Crippen molar-refractivity contribution in [2.45, 2.75) is 39.2 Å². The second-order valence-electron chi connectivity index (χ2n) is 4.67. The maximum absolute atomic E-state index is 12.0. The van der Waals surface area contributed by atoms with E-state index in [1.807, 2.05) is 13.8 Å². The highest BCUT2D eigenvalue weighted by Crippen LogP contribution is 2.26. The van der Waals surface area contributed by atoms with Crippen molar-refractivity contribution in [1.29, 1.82) is 0 Å². The zero-order valence-corrected chi connectivity index (χ0v) is 11.2. The lowest BCUT2D eigenvalue weighted by Crippen LogP contribution is -2.33. The smallest absolute Gasteiger partial charge is 0.306 e. The Hall–Kier alpha value is -1.43. The van der Waals surface area contributed by atoms with E-state index in [1.54, 1.807) is 0 Å². The zero-order chi connectivity index (χ0) is 13.3. The minimum atomic E-state index is -0.767. The van der Waals surface area contributed by atoms with E-state index in [4.69, 9.17) is 5.11 Å². The maximum atomic E-state index is 12.0. The standard InChI is InChI=1S/C12H16N2O3S/c1-6-10(18-7(2)13-6)11(15)14-9-4-3-8(5-9)12(16)17/h8-9H,3-5H2,1-2H3,(H,14,15)(H,16,17). The number of carboxylic acids is 1. The molecule has 2 unspecified atom stereocenters. The van der Waals surface area contributed by atoms with Crippen LogP contribution in [0.25, 0.3) is 0 Å². The number of nitrogens with one attached hydrogen (secondary N) is 1. The van der Waals surface area contributed by atoms with Crippen LogP contribution in [0, 0.1) is 19.8 Å². The van der Waals surface area contributed by atoms with E-state index < -0.39 is 5.97 Å². The predicted octanol–water partition coefficient (Wildman–Crippen LogP) is 1.74. The Morgan fingerprint density at radius 3 is 2.61 bits per heavy atom. The molecule has 6 heteroatoms. The molecule has 0 saturated heterocycles. The largest absolute Gasteiger partial charge is 0.481 e. The van der Waals surface area contributed by atoms with Gasteiger partial charge >= 0.3 is 5.97 Å². The number of carbonyl (C=O) groups excluding carboxylic acids is 1. The molecule has 1 amide bonds. The number of carboxylic acid groups (broad SMARTS) is 1. The van der Waals surface area contributed by atoms with Crippen LogP contribution in [0.2, 0.25) is 0 Å². The molecule has 1 fully saturated rings. The summed E-state index contributed by atoms with van der Waals surface area (Å²) in [5, 5.41) is 12.7. The maximum Gasteiger partial charge on any atom is 0.306 e. The van der Waals surface area contributed by atoms with E-state index in [2.05, 4.69) is 10.3 Å². The van der Waals surface area contributed by atoms with Crippen LogP contribution in [-0.4, -0.2) is 28.0 Å². The molecule has 2 rings (SSSR count). The second kappa shape index (κ2) is 5.06. The van der Waals surface area contributed by atoms with Crippen molar-refractivity contribution in [1.82, 2.24) is 10.3 Å². The molecule has 2 N–H and O–H groups in total. The number of hydrogen-bond acceptors (Lipinski definition) is 4. The Balaban J connectivity index is 1.97. The summed E-state index contributed by atoms with van der Waals surface area (Å²) in [4.78, 5) is 27.7. The summed E-state index contributed by atoms with van der Waals surface area (Å²) in [7, 11) is 0. The SMILES string of the molecule is Cc1nc(C)c(C(=O)NC2CCC(C(=O)O)C2)s1. The van der Waals surface area contributed by atoms with Gasteiger partial charge in [-0.25, -0.2) is 4.98 Å². The monoisotopic (exact) mass is 268 g/mol. The van der Waals surface area contributed by atoms with E-state index in [0.717, 1.165) is 17.1 Å². The van der Waals surface area contributed by atoms with Crippen LogP contribution in [0.3, 0.4) is 0 Å². The molecule has 1 aliphatic carbocycles. The van der Waals surface area contributed by atoms with Crippen molar-refractivity contribution >= 4 is 23.2 Å². The Kier molecular flexibility index (Phi) is 3.65. The lowest BCUT2D eigenvalue weighted by molar-refractivity contribution is -0.141. The normalized spacial score (nSPS) is 23.0. The molecule has 1 aliphatic rings. The van der Waals surface area contributed by atoms with Gasteiger partial charge in [0.25, 0.3) is 5.91 Å². The molecule has 1 aromatic rings. The van der Waals surface area contributed by atoms with Crippen molar-refractivity contribution in [2.24, 2.45) is 5.92 Å². The van der Waals surface area contributed by atoms with Crippen LogP contribution in [0.1, 0.15) is 39.6 Å². The van der Waals surface area contributed by atoms with Crippen molar-refractivity contribution in [2.75, 3.05) is 0 Å². The molecule has 18 heavy (non-hydrogen) atoms. The summed E-state index contributed by atoms with van der Waals surface area (Å²) >= 11 is 1.37. The summed E-state index contributed by atoms with van der Waals surface area (Å²) in [6, 6.07) is -0.0274. The Morgan fingerprint density at radius 1 is 1.39 bits per heavy atom. The molecule has 0 spiro atoms. The fraction of sp³-hybridized carbons (Fsp3) is 0.583. The van der Waals surface area contributed by atoms with Crippen molar-refractivity contribution < 1.29 is 14.7 Å². The van der Waals surface area contributed by atoms with Gasteiger partial charge in [-0.2, -0.15) is 0 Å². The molecule has 1 heterocycles. The lowest BCUT2D eigenvalue weighted by atomic mass is 10.1. The first kappa shape index (κ1) is 13.0. The van der Waals surface area contributed by atoms with Crippen LogP contribution >= 0.6 is 11.3 Å². The van der Waals surface area contributed by atoms with Gasteiger partial charge in [-0.15, -0.1) is 11.3 Å². The van der Waals surface area contributed by atoms with Crippen LogP contribution in [0.15, 0.2) is 0 Å². The number of aryl methyl sites for hydroxylation is 2. The van der Waals surface area contributed by atoms with E-state index in [9.17, 15) is 9.59 Å². The van der Waals surface area contributed by atoms with Crippen LogP contribution < -0.4 is 5.32 Å². The molecular weight excluding hydrogens is 252 g/mol. The van der Waals surface area contributed by atoms with Crippen molar-refractivity contribution in [3.63, 3.8) is 0 Å². The third-order valence-electron chi connectivity index (χ3n) is 3.23. The average Bonchev–Trinajstić information content (AvgIpc) is 2.85. The fourth-order valence-corrected chi connectivity index (χ4v) is 3.15. The first-order valence-electron chi connectivity index (χ1n) is 5.95. The molecule has 2 atom stereocenters. The molecule has 0 bridgehead atoms. The number of nitrogens with zero attached hydrogens (tertiary/aromatic N) is 1. The Morgan fingerprint density at radius 2 is 2.11 bits per heavy atom.